The number of hydrogen-bond acceptors (Lipinski definition) is 6. The van der Waals surface area contributed by atoms with Crippen molar-refractivity contribution in [2.45, 2.75) is 63.1 Å². The Labute approximate surface area is 186 Å². The van der Waals surface area contributed by atoms with E-state index in [4.69, 9.17) is 9.72 Å². The molecular weight excluding hydrogens is 422 g/mol. The zero-order valence-electron chi connectivity index (χ0n) is 17.2. The second kappa shape index (κ2) is 7.58. The number of nitrogens with one attached hydrogen (secondary N) is 1. The molecule has 1 saturated carbocycles. The number of carbonyl (C=O) groups excluding carboxylic acids is 1. The first kappa shape index (κ1) is 20.4. The van der Waals surface area contributed by atoms with Gasteiger partial charge in [0.05, 0.1) is 24.1 Å². The lowest BCUT2D eigenvalue weighted by Crippen LogP contribution is -2.44. The van der Waals surface area contributed by atoms with Crippen LogP contribution in [-0.2, 0) is 23.3 Å². The van der Waals surface area contributed by atoms with E-state index < -0.39 is 0 Å². The van der Waals surface area contributed by atoms with Crippen LogP contribution in [0.1, 0.15) is 76.3 Å². The Kier molecular flexibility index (Phi) is 5.16. The normalized spacial score (nSPS) is 24.8. The fraction of sp³-hybridized carbons (Fsp3) is 0.667. The number of halogens is 1. The van der Waals surface area contributed by atoms with Crippen LogP contribution in [0.2, 0.25) is 0 Å². The predicted molar refractivity (Wildman–Crippen MR) is 116 cm³/mol. The van der Waals surface area contributed by atoms with Crippen LogP contribution in [0.15, 0.2) is 6.07 Å². The van der Waals surface area contributed by atoms with Gasteiger partial charge in [0.15, 0.2) is 5.82 Å². The molecule has 0 aromatic carbocycles. The summed E-state index contributed by atoms with van der Waals surface area (Å²) in [6, 6.07) is 2.09. The van der Waals surface area contributed by atoms with Gasteiger partial charge in [0, 0.05) is 17.3 Å². The maximum atomic E-state index is 13.5. The summed E-state index contributed by atoms with van der Waals surface area (Å²) >= 11 is 1.66. The molecule has 2 aromatic heterocycles. The first-order valence-corrected chi connectivity index (χ1v) is 11.7. The van der Waals surface area contributed by atoms with E-state index in [1.165, 1.54) is 23.3 Å². The first-order chi connectivity index (χ1) is 14.1. The van der Waals surface area contributed by atoms with Gasteiger partial charge in [0.1, 0.15) is 11.4 Å². The smallest absolute Gasteiger partial charge is 0.264 e. The number of amides is 1. The van der Waals surface area contributed by atoms with E-state index in [0.29, 0.717) is 12.5 Å². The molecule has 1 N–H and O–H groups in total. The Morgan fingerprint density at radius 3 is 2.87 bits per heavy atom. The summed E-state index contributed by atoms with van der Waals surface area (Å²) in [5, 5.41) is 8.12. The van der Waals surface area contributed by atoms with Gasteiger partial charge in [0.25, 0.3) is 5.91 Å². The van der Waals surface area contributed by atoms with Gasteiger partial charge in [-0.25, -0.2) is 9.67 Å². The first-order valence-electron chi connectivity index (χ1n) is 10.9. The van der Waals surface area contributed by atoms with Gasteiger partial charge in [-0.1, -0.05) is 0 Å². The van der Waals surface area contributed by atoms with Crippen molar-refractivity contribution in [2.24, 2.45) is 0 Å². The van der Waals surface area contributed by atoms with Crippen molar-refractivity contribution in [3.05, 3.63) is 33.0 Å². The molecule has 1 spiro atoms. The van der Waals surface area contributed by atoms with Crippen molar-refractivity contribution < 1.29 is 9.53 Å². The quantitative estimate of drug-likeness (QED) is 0.763. The lowest BCUT2D eigenvalue weighted by Gasteiger charge is -2.40. The zero-order valence-corrected chi connectivity index (χ0v) is 18.9. The number of aromatic nitrogens is 3. The fourth-order valence-corrected chi connectivity index (χ4v) is 6.41. The highest BCUT2D eigenvalue weighted by Gasteiger charge is 2.42. The molecule has 1 atom stereocenters. The van der Waals surface area contributed by atoms with Crippen LogP contribution in [0, 0.1) is 0 Å². The van der Waals surface area contributed by atoms with E-state index in [2.05, 4.69) is 23.4 Å². The summed E-state index contributed by atoms with van der Waals surface area (Å²) in [5.74, 6) is 2.57. The zero-order chi connectivity index (χ0) is 19.6. The Bertz CT molecular complexity index is 963. The largest absolute Gasteiger partial charge is 0.369 e. The van der Waals surface area contributed by atoms with E-state index in [1.54, 1.807) is 11.3 Å². The molecule has 162 valence electrons. The summed E-state index contributed by atoms with van der Waals surface area (Å²) in [7, 11) is 0. The molecule has 3 aliphatic heterocycles. The Hall–Kier alpha value is -1.48. The van der Waals surface area contributed by atoms with Gasteiger partial charge in [-0.05, 0) is 63.7 Å². The minimum Gasteiger partial charge on any atom is -0.369 e. The van der Waals surface area contributed by atoms with Crippen LogP contribution in [-0.4, -0.2) is 51.8 Å². The highest BCUT2D eigenvalue weighted by molar-refractivity contribution is 7.14. The number of hydrogen-bond donors (Lipinski definition) is 1. The SMILES string of the molecule is C[C@@H]1c2nc(C3CC3)nn2CCN1C(=O)c1cc2c(s1)C1(CCNCC1)OCC2.Cl. The molecule has 0 unspecified atom stereocenters. The van der Waals surface area contributed by atoms with Crippen molar-refractivity contribution in [1.29, 1.82) is 0 Å². The van der Waals surface area contributed by atoms with Crippen LogP contribution in [0.3, 0.4) is 0 Å². The van der Waals surface area contributed by atoms with Crippen LogP contribution in [0.4, 0.5) is 0 Å². The second-order valence-electron chi connectivity index (χ2n) is 8.81. The minimum absolute atomic E-state index is 0. The topological polar surface area (TPSA) is 72.3 Å². The molecule has 1 aliphatic carbocycles. The number of ether oxygens (including phenoxy) is 1. The standard InChI is InChI=1S/C21H27N5O2S.ClH/c1-13-19-23-18(14-2-3-14)24-26(19)10-9-25(13)20(27)16-12-15-4-11-28-21(17(15)29-16)5-7-22-8-6-21;/h12-14,22H,2-11H2,1H3;1H/t13-;/m1./s1. The number of nitrogens with zero attached hydrogens (tertiary/aromatic N) is 4. The molecule has 2 aromatic rings. The number of piperidine rings is 1. The molecule has 0 bridgehead atoms. The van der Waals surface area contributed by atoms with E-state index in [0.717, 1.165) is 62.0 Å². The molecule has 1 amide bonds. The van der Waals surface area contributed by atoms with Crippen LogP contribution >= 0.6 is 23.7 Å². The van der Waals surface area contributed by atoms with E-state index in [1.807, 2.05) is 9.58 Å². The monoisotopic (exact) mass is 449 g/mol. The molecule has 4 aliphatic rings. The van der Waals surface area contributed by atoms with Crippen LogP contribution in [0.5, 0.6) is 0 Å². The number of rotatable bonds is 2. The lowest BCUT2D eigenvalue weighted by molar-refractivity contribution is -0.0771. The average molecular weight is 450 g/mol. The maximum absolute atomic E-state index is 13.5. The molecule has 30 heavy (non-hydrogen) atoms. The van der Waals surface area contributed by atoms with E-state index in [9.17, 15) is 4.79 Å². The third-order valence-corrected chi connectivity index (χ3v) is 8.26. The Balaban J connectivity index is 0.00000193. The number of thiophene rings is 1. The average Bonchev–Trinajstić information content (AvgIpc) is 3.33. The Morgan fingerprint density at radius 1 is 1.30 bits per heavy atom. The van der Waals surface area contributed by atoms with Gasteiger partial charge in [-0.2, -0.15) is 5.10 Å². The van der Waals surface area contributed by atoms with Crippen molar-refractivity contribution in [1.82, 2.24) is 25.0 Å². The maximum Gasteiger partial charge on any atom is 0.264 e. The van der Waals surface area contributed by atoms with Gasteiger partial charge in [-0.15, -0.1) is 23.7 Å². The van der Waals surface area contributed by atoms with Crippen molar-refractivity contribution >= 4 is 29.7 Å². The summed E-state index contributed by atoms with van der Waals surface area (Å²) in [6.07, 6.45) is 5.27. The molecule has 7 nitrogen and oxygen atoms in total. The highest BCUT2D eigenvalue weighted by atomic mass is 35.5. The molecular formula is C21H28ClN5O2S. The summed E-state index contributed by atoms with van der Waals surface area (Å²) in [4.78, 5) is 22.4. The molecule has 0 radical (unpaired) electrons. The van der Waals surface area contributed by atoms with Gasteiger partial charge >= 0.3 is 0 Å². The van der Waals surface area contributed by atoms with Crippen molar-refractivity contribution in [3.8, 4) is 0 Å². The Morgan fingerprint density at radius 2 is 2.10 bits per heavy atom. The van der Waals surface area contributed by atoms with Crippen LogP contribution < -0.4 is 5.32 Å². The molecule has 2 fully saturated rings. The summed E-state index contributed by atoms with van der Waals surface area (Å²) < 4.78 is 8.31. The van der Waals surface area contributed by atoms with Gasteiger partial charge in [0.2, 0.25) is 0 Å². The van der Waals surface area contributed by atoms with Crippen LogP contribution in [0.25, 0.3) is 0 Å². The highest BCUT2D eigenvalue weighted by Crippen LogP contribution is 2.45. The van der Waals surface area contributed by atoms with Gasteiger partial charge < -0.3 is 15.0 Å². The molecule has 1 saturated heterocycles. The predicted octanol–water partition coefficient (Wildman–Crippen LogP) is 3.01. The summed E-state index contributed by atoms with van der Waals surface area (Å²) in [6.45, 7) is 6.21. The van der Waals surface area contributed by atoms with Crippen molar-refractivity contribution in [3.63, 3.8) is 0 Å². The van der Waals surface area contributed by atoms with E-state index in [-0.39, 0.29) is 30.0 Å². The number of fused-ring (bicyclic) bond motifs is 3. The third-order valence-electron chi connectivity index (χ3n) is 6.91. The molecule has 9 heteroatoms. The summed E-state index contributed by atoms with van der Waals surface area (Å²) in [5.41, 5.74) is 1.13. The fourth-order valence-electron chi connectivity index (χ4n) is 5.04. The lowest BCUT2D eigenvalue weighted by atomic mass is 9.86. The minimum atomic E-state index is -0.186. The number of carbonyl (C=O) groups is 1. The molecule has 6 rings (SSSR count). The third kappa shape index (κ3) is 3.20. The van der Waals surface area contributed by atoms with Crippen molar-refractivity contribution in [2.75, 3.05) is 26.2 Å². The molecule has 5 heterocycles. The second-order valence-corrected chi connectivity index (χ2v) is 9.86. The van der Waals surface area contributed by atoms with Gasteiger partial charge in [-0.3, -0.25) is 4.79 Å². The van der Waals surface area contributed by atoms with E-state index >= 15 is 0 Å².